The Labute approximate surface area is 111 Å². The minimum absolute atomic E-state index is 0.00757. The van der Waals surface area contributed by atoms with Gasteiger partial charge in [0.15, 0.2) is 0 Å². The zero-order chi connectivity index (χ0) is 13.2. The summed E-state index contributed by atoms with van der Waals surface area (Å²) >= 11 is 0. The summed E-state index contributed by atoms with van der Waals surface area (Å²) < 4.78 is 6.34. The molecule has 100 valence electrons. The quantitative estimate of drug-likeness (QED) is 0.868. The molecular weight excluding hydrogens is 222 g/mol. The Morgan fingerprint density at radius 1 is 1.28 bits per heavy atom. The van der Waals surface area contributed by atoms with Crippen molar-refractivity contribution in [2.75, 3.05) is 6.54 Å². The number of ether oxygens (including phenoxy) is 1. The van der Waals surface area contributed by atoms with Crippen LogP contribution in [0.15, 0.2) is 18.2 Å². The highest BCUT2D eigenvalue weighted by Gasteiger charge is 2.37. The maximum absolute atomic E-state index is 6.34. The molecule has 1 heterocycles. The van der Waals surface area contributed by atoms with Gasteiger partial charge >= 0.3 is 0 Å². The minimum atomic E-state index is 0.00757. The Kier molecular flexibility index (Phi) is 3.96. The monoisotopic (exact) mass is 247 g/mol. The van der Waals surface area contributed by atoms with Gasteiger partial charge in [0.2, 0.25) is 0 Å². The molecule has 2 rings (SSSR count). The molecule has 1 unspecified atom stereocenters. The van der Waals surface area contributed by atoms with Gasteiger partial charge < -0.3 is 10.1 Å². The smallest absolute Gasteiger partial charge is 0.125 e. The second-order valence-corrected chi connectivity index (χ2v) is 5.35. The van der Waals surface area contributed by atoms with Crippen molar-refractivity contribution >= 4 is 0 Å². The van der Waals surface area contributed by atoms with Gasteiger partial charge in [-0.2, -0.15) is 0 Å². The van der Waals surface area contributed by atoms with Crippen LogP contribution in [0.2, 0.25) is 0 Å². The van der Waals surface area contributed by atoms with E-state index in [1.165, 1.54) is 11.1 Å². The number of hydrogen-bond donors (Lipinski definition) is 1. The first-order chi connectivity index (χ1) is 8.64. The van der Waals surface area contributed by atoms with E-state index in [0.29, 0.717) is 6.04 Å². The van der Waals surface area contributed by atoms with Gasteiger partial charge in [0.05, 0.1) is 0 Å². The largest absolute Gasteiger partial charge is 0.487 e. The number of fused-ring (bicyclic) bond motifs is 1. The van der Waals surface area contributed by atoms with Crippen molar-refractivity contribution in [3.63, 3.8) is 0 Å². The van der Waals surface area contributed by atoms with E-state index in [-0.39, 0.29) is 5.60 Å². The molecule has 1 atom stereocenters. The Hall–Kier alpha value is -1.02. The third-order valence-corrected chi connectivity index (χ3v) is 4.19. The van der Waals surface area contributed by atoms with E-state index in [2.05, 4.69) is 51.2 Å². The first kappa shape index (κ1) is 13.4. The highest BCUT2D eigenvalue weighted by atomic mass is 16.5. The number of nitrogens with one attached hydrogen (secondary N) is 1. The van der Waals surface area contributed by atoms with E-state index < -0.39 is 0 Å². The van der Waals surface area contributed by atoms with E-state index in [1.807, 2.05) is 0 Å². The Bertz CT molecular complexity index is 410. The van der Waals surface area contributed by atoms with Crippen molar-refractivity contribution in [2.45, 2.75) is 58.6 Å². The van der Waals surface area contributed by atoms with Gasteiger partial charge in [-0.1, -0.05) is 32.9 Å². The molecule has 1 aromatic rings. The SMILES string of the molecule is CCNC1CC(CC)(CC)Oc2cc(C)ccc21. The lowest BCUT2D eigenvalue weighted by molar-refractivity contribution is 0.0230. The van der Waals surface area contributed by atoms with Crippen LogP contribution in [0.1, 0.15) is 57.2 Å². The number of benzene rings is 1. The summed E-state index contributed by atoms with van der Waals surface area (Å²) in [6.07, 6.45) is 3.21. The summed E-state index contributed by atoms with van der Waals surface area (Å²) in [4.78, 5) is 0. The Morgan fingerprint density at radius 3 is 2.61 bits per heavy atom. The summed E-state index contributed by atoms with van der Waals surface area (Å²) in [5.41, 5.74) is 2.60. The predicted molar refractivity (Wildman–Crippen MR) is 76.2 cm³/mol. The van der Waals surface area contributed by atoms with Crippen LogP contribution in [0.25, 0.3) is 0 Å². The minimum Gasteiger partial charge on any atom is -0.487 e. The van der Waals surface area contributed by atoms with Gasteiger partial charge in [-0.05, 0) is 37.9 Å². The van der Waals surface area contributed by atoms with Crippen LogP contribution in [0.5, 0.6) is 5.75 Å². The molecule has 1 aliphatic heterocycles. The number of hydrogen-bond acceptors (Lipinski definition) is 2. The fraction of sp³-hybridized carbons (Fsp3) is 0.625. The molecule has 0 radical (unpaired) electrons. The topological polar surface area (TPSA) is 21.3 Å². The average molecular weight is 247 g/mol. The molecule has 0 saturated heterocycles. The van der Waals surface area contributed by atoms with Gasteiger partial charge in [0.25, 0.3) is 0 Å². The maximum Gasteiger partial charge on any atom is 0.125 e. The lowest BCUT2D eigenvalue weighted by Gasteiger charge is -2.42. The summed E-state index contributed by atoms with van der Waals surface area (Å²) in [6, 6.07) is 7.00. The lowest BCUT2D eigenvalue weighted by atomic mass is 9.83. The highest BCUT2D eigenvalue weighted by molar-refractivity contribution is 5.41. The second kappa shape index (κ2) is 5.31. The highest BCUT2D eigenvalue weighted by Crippen LogP contribution is 2.42. The molecule has 2 nitrogen and oxygen atoms in total. The molecule has 0 saturated carbocycles. The number of rotatable bonds is 4. The molecule has 0 fully saturated rings. The summed E-state index contributed by atoms with van der Waals surface area (Å²) in [5.74, 6) is 1.08. The molecule has 0 aromatic heterocycles. The van der Waals surface area contributed by atoms with Crippen LogP contribution < -0.4 is 10.1 Å². The van der Waals surface area contributed by atoms with Crippen LogP contribution in [0.4, 0.5) is 0 Å². The van der Waals surface area contributed by atoms with Gasteiger partial charge in [0, 0.05) is 18.0 Å². The van der Waals surface area contributed by atoms with E-state index >= 15 is 0 Å². The van der Waals surface area contributed by atoms with Crippen LogP contribution in [0.3, 0.4) is 0 Å². The molecule has 1 N–H and O–H groups in total. The molecule has 1 aliphatic rings. The normalized spacial score (nSPS) is 21.2. The van der Waals surface area contributed by atoms with Crippen molar-refractivity contribution in [2.24, 2.45) is 0 Å². The Morgan fingerprint density at radius 2 is 2.00 bits per heavy atom. The van der Waals surface area contributed by atoms with E-state index in [4.69, 9.17) is 4.74 Å². The summed E-state index contributed by atoms with van der Waals surface area (Å²) in [5, 5.41) is 3.60. The molecule has 18 heavy (non-hydrogen) atoms. The standard InChI is InChI=1S/C16H25NO/c1-5-16(6-2)11-14(17-7-3)13-9-8-12(4)10-15(13)18-16/h8-10,14,17H,5-7,11H2,1-4H3. The molecule has 0 amide bonds. The van der Waals surface area contributed by atoms with E-state index in [0.717, 1.165) is 31.6 Å². The summed E-state index contributed by atoms with van der Waals surface area (Å²) in [7, 11) is 0. The van der Waals surface area contributed by atoms with Crippen LogP contribution in [0, 0.1) is 6.92 Å². The molecule has 2 heteroatoms. The summed E-state index contributed by atoms with van der Waals surface area (Å²) in [6.45, 7) is 9.76. The van der Waals surface area contributed by atoms with E-state index in [9.17, 15) is 0 Å². The second-order valence-electron chi connectivity index (χ2n) is 5.35. The zero-order valence-corrected chi connectivity index (χ0v) is 12.0. The zero-order valence-electron chi connectivity index (χ0n) is 12.0. The van der Waals surface area contributed by atoms with Crippen molar-refractivity contribution in [1.29, 1.82) is 0 Å². The van der Waals surface area contributed by atoms with Crippen LogP contribution in [-0.4, -0.2) is 12.1 Å². The third kappa shape index (κ3) is 2.39. The lowest BCUT2D eigenvalue weighted by Crippen LogP contribution is -2.43. The first-order valence-corrected chi connectivity index (χ1v) is 7.17. The molecular formula is C16H25NO. The number of aryl methyl sites for hydroxylation is 1. The van der Waals surface area contributed by atoms with Crippen molar-refractivity contribution in [3.05, 3.63) is 29.3 Å². The van der Waals surface area contributed by atoms with E-state index in [1.54, 1.807) is 0 Å². The fourth-order valence-electron chi connectivity index (χ4n) is 2.89. The van der Waals surface area contributed by atoms with Crippen LogP contribution >= 0.6 is 0 Å². The van der Waals surface area contributed by atoms with Crippen molar-refractivity contribution in [1.82, 2.24) is 5.32 Å². The van der Waals surface area contributed by atoms with Crippen molar-refractivity contribution in [3.8, 4) is 5.75 Å². The van der Waals surface area contributed by atoms with Gasteiger partial charge in [-0.3, -0.25) is 0 Å². The first-order valence-electron chi connectivity index (χ1n) is 7.17. The molecule has 0 aliphatic carbocycles. The van der Waals surface area contributed by atoms with Crippen molar-refractivity contribution < 1.29 is 4.74 Å². The van der Waals surface area contributed by atoms with Crippen LogP contribution in [-0.2, 0) is 0 Å². The molecule has 0 bridgehead atoms. The molecule has 1 aromatic carbocycles. The van der Waals surface area contributed by atoms with Gasteiger partial charge in [-0.25, -0.2) is 0 Å². The predicted octanol–water partition coefficient (Wildman–Crippen LogP) is 3.99. The third-order valence-electron chi connectivity index (χ3n) is 4.19. The Balaban J connectivity index is 2.39. The molecule has 0 spiro atoms. The van der Waals surface area contributed by atoms with Gasteiger partial charge in [0.1, 0.15) is 11.4 Å². The fourth-order valence-corrected chi connectivity index (χ4v) is 2.89. The maximum atomic E-state index is 6.34. The average Bonchev–Trinajstić information content (AvgIpc) is 2.38. The van der Waals surface area contributed by atoms with Gasteiger partial charge in [-0.15, -0.1) is 0 Å².